The van der Waals surface area contributed by atoms with Crippen molar-refractivity contribution in [3.8, 4) is 0 Å². The highest BCUT2D eigenvalue weighted by atomic mass is 19.4. The van der Waals surface area contributed by atoms with Crippen LogP contribution in [0.5, 0.6) is 0 Å². The Morgan fingerprint density at radius 2 is 0.360 bits per heavy atom. The Bertz CT molecular complexity index is 1780. The van der Waals surface area contributed by atoms with Gasteiger partial charge in [-0.05, 0) is 27.7 Å². The van der Waals surface area contributed by atoms with Crippen molar-refractivity contribution in [3.05, 3.63) is 0 Å². The molecule has 452 valence electrons. The molecule has 13 nitrogen and oxygen atoms in total. The highest BCUT2D eigenvalue weighted by Crippen LogP contribution is 2.62. The summed E-state index contributed by atoms with van der Waals surface area (Å²) >= 11 is 0. The normalized spacial score (nSPS) is 17.8. The van der Waals surface area contributed by atoms with Crippen LogP contribution in [0.25, 0.3) is 0 Å². The summed E-state index contributed by atoms with van der Waals surface area (Å²) in [5.74, 6) is -33.6. The second-order valence-corrected chi connectivity index (χ2v) is 14.6. The van der Waals surface area contributed by atoms with E-state index < -0.39 is 174 Å². The van der Waals surface area contributed by atoms with Crippen LogP contribution in [-0.2, 0) is 42.6 Å². The Balaban J connectivity index is 8.98. The summed E-state index contributed by atoms with van der Waals surface area (Å²) < 4.78 is 509. The zero-order valence-electron chi connectivity index (χ0n) is 35.1. The Hall–Kier alpha value is -2.90. The monoisotopic (exact) mass is 1210 g/mol. The maximum atomic E-state index is 16.2. The summed E-state index contributed by atoms with van der Waals surface area (Å²) in [6, 6.07) is 0. The lowest BCUT2D eigenvalue weighted by molar-refractivity contribution is -0.602. The Labute approximate surface area is 387 Å². The van der Waals surface area contributed by atoms with Gasteiger partial charge in [0.25, 0.3) is 0 Å². The molecule has 2 atom stereocenters. The van der Waals surface area contributed by atoms with Gasteiger partial charge in [-0.2, -0.15) is 149 Å². The first kappa shape index (κ1) is 72.1. The number of halogens is 34. The molecule has 47 heteroatoms. The number of hydrogen-bond acceptors (Lipinski definition) is 13. The molecule has 0 rings (SSSR count). The topological polar surface area (TPSA) is 164 Å². The van der Waals surface area contributed by atoms with Gasteiger partial charge in [0.2, 0.25) is 0 Å². The van der Waals surface area contributed by atoms with Gasteiger partial charge in [-0.25, -0.2) is 33.2 Å². The summed E-state index contributed by atoms with van der Waals surface area (Å²) in [7, 11) is 0. The van der Waals surface area contributed by atoms with E-state index in [9.17, 15) is 105 Å². The Morgan fingerprint density at radius 1 is 0.213 bits per heavy atom. The van der Waals surface area contributed by atoms with Crippen molar-refractivity contribution in [1.82, 2.24) is 0 Å². The molecule has 0 amide bonds. The fraction of sp³-hybridized carbons (Fsp3) is 1.00. The smallest absolute Gasteiger partial charge is 0.387 e. The van der Waals surface area contributed by atoms with E-state index in [1.807, 2.05) is 9.47 Å². The minimum Gasteiger partial charge on any atom is -0.387 e. The van der Waals surface area contributed by atoms with E-state index in [1.165, 1.54) is 14.2 Å². The average molecular weight is 1210 g/mol. The van der Waals surface area contributed by atoms with Crippen molar-refractivity contribution < 1.29 is 212 Å². The molecule has 75 heavy (non-hydrogen) atoms. The molecule has 0 aliphatic rings. The van der Waals surface area contributed by atoms with Crippen LogP contribution in [0.1, 0.15) is 27.7 Å². The molecule has 0 spiro atoms. The average Bonchev–Trinajstić information content (AvgIpc) is 3.14. The molecule has 0 aromatic rings. The van der Waals surface area contributed by atoms with E-state index >= 15 is 43.9 Å². The van der Waals surface area contributed by atoms with Gasteiger partial charge in [0, 0.05) is 0 Å². The first-order valence-corrected chi connectivity index (χ1v) is 17.3. The minimum absolute atomic E-state index is 1.36. The summed E-state index contributed by atoms with van der Waals surface area (Å²) in [6.07, 6.45) is -110. The van der Waals surface area contributed by atoms with Crippen molar-refractivity contribution in [1.29, 1.82) is 0 Å². The van der Waals surface area contributed by atoms with Crippen LogP contribution in [0.4, 0.5) is 149 Å². The molecule has 0 aromatic carbocycles. The van der Waals surface area contributed by atoms with Crippen molar-refractivity contribution in [2.75, 3.05) is 26.4 Å². The summed E-state index contributed by atoms with van der Waals surface area (Å²) in [5.41, 5.74) is -12.6. The molecular formula is C28H24F34O13. The molecule has 0 aliphatic heterocycles. The molecule has 0 heterocycles. The molecule has 0 aliphatic carbocycles. The Kier molecular flexibility index (Phi) is 19.8. The van der Waals surface area contributed by atoms with E-state index in [1.54, 1.807) is 9.47 Å². The lowest BCUT2D eigenvalue weighted by atomic mass is 9.97. The van der Waals surface area contributed by atoms with E-state index in [-0.39, 0.29) is 0 Å². The SMILES string of the molecule is CC(C)(OC(F)(C(F)(F)OC(F)(F)C(F)(F)OC(F)(F)CO)C(F)(F)OC(F)(F)C(F)(OC(C)(C)C(F)(F)C(F)(F)OC(F)(F)CO)C(F)(F)OC(F)(F)C(F)(F)OC(F)(F)CO)C(F)(F)C(F)(F)OC(F)(F)CO. The zero-order valence-corrected chi connectivity index (χ0v) is 35.1. The quantitative estimate of drug-likeness (QED) is 0.0472. The van der Waals surface area contributed by atoms with Crippen LogP contribution in [-0.4, -0.2) is 167 Å². The van der Waals surface area contributed by atoms with Crippen molar-refractivity contribution in [3.63, 3.8) is 0 Å². The highest BCUT2D eigenvalue weighted by Gasteiger charge is 2.89. The number of aliphatic hydroxyl groups excluding tert-OH is 4. The molecule has 0 aromatic heterocycles. The molecule has 0 bridgehead atoms. The lowest BCUT2D eigenvalue weighted by Crippen LogP contribution is -2.74. The fourth-order valence-electron chi connectivity index (χ4n) is 4.10. The predicted molar refractivity (Wildman–Crippen MR) is 153 cm³/mol. The van der Waals surface area contributed by atoms with E-state index in [4.69, 9.17) is 20.4 Å². The summed E-state index contributed by atoms with van der Waals surface area (Å²) in [4.78, 5) is 0. The number of aliphatic hydroxyl groups is 4. The van der Waals surface area contributed by atoms with Crippen molar-refractivity contribution in [2.45, 2.75) is 148 Å². The van der Waals surface area contributed by atoms with Gasteiger partial charge in [0.1, 0.15) is 37.6 Å². The molecule has 4 N–H and O–H groups in total. The van der Waals surface area contributed by atoms with Crippen LogP contribution in [0, 0.1) is 0 Å². The van der Waals surface area contributed by atoms with Gasteiger partial charge in [0.05, 0.1) is 0 Å². The van der Waals surface area contributed by atoms with Crippen LogP contribution in [0.3, 0.4) is 0 Å². The summed E-state index contributed by atoms with van der Waals surface area (Å²) in [6.45, 7) is -19.4. The molecular weight excluding hydrogens is 1190 g/mol. The van der Waals surface area contributed by atoms with Gasteiger partial charge in [-0.3, -0.25) is 0 Å². The number of hydrogen-bond donors (Lipinski definition) is 4. The molecule has 0 fully saturated rings. The molecule has 2 unspecified atom stereocenters. The predicted octanol–water partition coefficient (Wildman–Crippen LogP) is 9.56. The van der Waals surface area contributed by atoms with Gasteiger partial charge in [0.15, 0.2) is 0 Å². The number of alkyl halides is 34. The third kappa shape index (κ3) is 14.5. The molecule has 0 radical (unpaired) electrons. The maximum absolute atomic E-state index is 16.2. The van der Waals surface area contributed by atoms with Crippen molar-refractivity contribution >= 4 is 0 Å². The van der Waals surface area contributed by atoms with Gasteiger partial charge >= 0.3 is 109 Å². The van der Waals surface area contributed by atoms with Crippen LogP contribution >= 0.6 is 0 Å². The lowest BCUT2D eigenvalue weighted by Gasteiger charge is -2.48. The second-order valence-electron chi connectivity index (χ2n) is 14.6. The van der Waals surface area contributed by atoms with Gasteiger partial charge in [-0.15, -0.1) is 0 Å². The maximum Gasteiger partial charge on any atom is 0.453 e. The first-order chi connectivity index (χ1) is 32.1. The van der Waals surface area contributed by atoms with Crippen LogP contribution < -0.4 is 0 Å². The highest BCUT2D eigenvalue weighted by molar-refractivity contribution is 5.03. The minimum atomic E-state index is -9.34. The fourth-order valence-corrected chi connectivity index (χ4v) is 4.10. The van der Waals surface area contributed by atoms with Crippen molar-refractivity contribution in [2.24, 2.45) is 0 Å². The first-order valence-electron chi connectivity index (χ1n) is 17.3. The third-order valence-corrected chi connectivity index (χ3v) is 7.83. The molecule has 0 saturated heterocycles. The Morgan fingerprint density at radius 3 is 0.533 bits per heavy atom. The standard InChI is InChI=1S/C28H24F34O13/c1-9(2,15(37,38)19(43,44)69-11(29,30)5-63)67-17(41,23(51,52)74-27(59,60)25(55,56)71-13(33,34)7-65)21(47,48)73-22(49,50)18(42,24(53,54)75-28(61,62)26(57,58)72-14(35,36)8-66)68-10(3,4)16(39,40)20(45,46)70-12(31,32)6-64/h63-66H,5-8H2,1-4H3. The second kappa shape index (κ2) is 20.6. The van der Waals surface area contributed by atoms with Crippen LogP contribution in [0.15, 0.2) is 0 Å². The van der Waals surface area contributed by atoms with E-state index in [0.29, 0.717) is 0 Å². The van der Waals surface area contributed by atoms with Gasteiger partial charge in [-0.1, -0.05) is 0 Å². The molecule has 0 saturated carbocycles. The number of rotatable bonds is 32. The third-order valence-electron chi connectivity index (χ3n) is 7.83. The zero-order chi connectivity index (χ0) is 61.2. The number of ether oxygens (including phenoxy) is 9. The van der Waals surface area contributed by atoms with E-state index in [2.05, 4.69) is 9.47 Å². The van der Waals surface area contributed by atoms with Gasteiger partial charge < -0.3 is 29.9 Å². The van der Waals surface area contributed by atoms with E-state index in [0.717, 1.165) is 0 Å². The summed E-state index contributed by atoms with van der Waals surface area (Å²) in [5, 5.41) is 32.9. The van der Waals surface area contributed by atoms with Crippen LogP contribution in [0.2, 0.25) is 0 Å². The largest absolute Gasteiger partial charge is 0.453 e.